The Morgan fingerprint density at radius 2 is 2.11 bits per heavy atom. The first-order chi connectivity index (χ1) is 8.88. The number of aromatic nitrogens is 4. The van der Waals surface area contributed by atoms with E-state index in [4.69, 9.17) is 0 Å². The van der Waals surface area contributed by atoms with Gasteiger partial charge in [0.15, 0.2) is 0 Å². The normalized spacial score (nSPS) is 10.3. The highest BCUT2D eigenvalue weighted by Gasteiger charge is 1.96. The van der Waals surface area contributed by atoms with E-state index in [-0.39, 0.29) is 0 Å². The fourth-order valence-corrected chi connectivity index (χ4v) is 1.65. The Morgan fingerprint density at radius 1 is 1.22 bits per heavy atom. The van der Waals surface area contributed by atoms with Crippen LogP contribution in [0.5, 0.6) is 0 Å². The van der Waals surface area contributed by atoms with Crippen LogP contribution in [0.15, 0.2) is 31.1 Å². The summed E-state index contributed by atoms with van der Waals surface area (Å²) >= 11 is 0. The highest BCUT2D eigenvalue weighted by Crippen LogP contribution is 2.07. The molecule has 0 spiro atoms. The molecule has 2 rings (SSSR count). The fourth-order valence-electron chi connectivity index (χ4n) is 1.65. The lowest BCUT2D eigenvalue weighted by molar-refractivity contribution is 0.620. The van der Waals surface area contributed by atoms with Crippen LogP contribution < -0.4 is 10.6 Å². The lowest BCUT2D eigenvalue weighted by Crippen LogP contribution is -2.06. The Balaban J connectivity index is 1.65. The summed E-state index contributed by atoms with van der Waals surface area (Å²) in [6, 6.07) is 1.90. The van der Waals surface area contributed by atoms with E-state index in [9.17, 15) is 0 Å². The Hall–Kier alpha value is -2.11. The largest absolute Gasteiger partial charge is 0.373 e. The van der Waals surface area contributed by atoms with Crippen molar-refractivity contribution >= 4 is 11.6 Å². The van der Waals surface area contributed by atoms with Gasteiger partial charge in [-0.25, -0.2) is 15.0 Å². The lowest BCUT2D eigenvalue weighted by Gasteiger charge is -2.06. The molecule has 18 heavy (non-hydrogen) atoms. The highest BCUT2D eigenvalue weighted by atomic mass is 15.1. The quantitative estimate of drug-likeness (QED) is 0.726. The van der Waals surface area contributed by atoms with Crippen LogP contribution in [0.25, 0.3) is 0 Å². The molecule has 2 N–H and O–H groups in total. The standard InChI is InChI=1S/C12H18N6/c1-13-11-8-12(17-9-16-11)15-4-2-3-6-18-7-5-14-10-18/h5,7-10H,2-4,6H2,1H3,(H2,13,15,16,17). The molecule has 0 aliphatic heterocycles. The third kappa shape index (κ3) is 3.73. The Kier molecular flexibility index (Phi) is 4.52. The van der Waals surface area contributed by atoms with Gasteiger partial charge < -0.3 is 15.2 Å². The molecule has 0 amide bonds. The van der Waals surface area contributed by atoms with Crippen molar-refractivity contribution in [3.63, 3.8) is 0 Å². The molecule has 2 heterocycles. The summed E-state index contributed by atoms with van der Waals surface area (Å²) in [4.78, 5) is 12.2. The van der Waals surface area contributed by atoms with Crippen LogP contribution in [0.1, 0.15) is 12.8 Å². The van der Waals surface area contributed by atoms with Gasteiger partial charge in [0.2, 0.25) is 0 Å². The summed E-state index contributed by atoms with van der Waals surface area (Å²) in [5.74, 6) is 1.68. The molecular weight excluding hydrogens is 228 g/mol. The molecule has 0 saturated heterocycles. The van der Waals surface area contributed by atoms with Gasteiger partial charge in [0.05, 0.1) is 6.33 Å². The maximum absolute atomic E-state index is 4.16. The molecule has 0 radical (unpaired) electrons. The van der Waals surface area contributed by atoms with Gasteiger partial charge in [-0.1, -0.05) is 0 Å². The van der Waals surface area contributed by atoms with Crippen LogP contribution >= 0.6 is 0 Å². The van der Waals surface area contributed by atoms with Crippen molar-refractivity contribution in [2.45, 2.75) is 19.4 Å². The number of anilines is 2. The molecule has 2 aromatic rings. The van der Waals surface area contributed by atoms with E-state index in [0.29, 0.717) is 0 Å². The maximum atomic E-state index is 4.16. The molecule has 0 saturated carbocycles. The van der Waals surface area contributed by atoms with Crippen LogP contribution in [-0.4, -0.2) is 33.1 Å². The SMILES string of the molecule is CNc1cc(NCCCCn2ccnc2)ncn1. The number of imidazole rings is 1. The fraction of sp³-hybridized carbons (Fsp3) is 0.417. The molecule has 0 unspecified atom stereocenters. The minimum absolute atomic E-state index is 0.825. The Morgan fingerprint density at radius 3 is 2.89 bits per heavy atom. The number of nitrogens with one attached hydrogen (secondary N) is 2. The van der Waals surface area contributed by atoms with E-state index in [0.717, 1.165) is 37.6 Å². The first-order valence-corrected chi connectivity index (χ1v) is 6.08. The summed E-state index contributed by atoms with van der Waals surface area (Å²) in [7, 11) is 1.84. The van der Waals surface area contributed by atoms with Crippen molar-refractivity contribution in [1.29, 1.82) is 0 Å². The van der Waals surface area contributed by atoms with Gasteiger partial charge in [0.25, 0.3) is 0 Å². The minimum Gasteiger partial charge on any atom is -0.373 e. The summed E-state index contributed by atoms with van der Waals surface area (Å²) in [5, 5.41) is 6.27. The lowest BCUT2D eigenvalue weighted by atomic mass is 10.3. The molecule has 0 fully saturated rings. The van der Waals surface area contributed by atoms with Gasteiger partial charge in [0, 0.05) is 38.6 Å². The predicted molar refractivity (Wildman–Crippen MR) is 71.5 cm³/mol. The van der Waals surface area contributed by atoms with E-state index in [1.165, 1.54) is 0 Å². The van der Waals surface area contributed by atoms with Crippen molar-refractivity contribution in [2.75, 3.05) is 24.2 Å². The average Bonchev–Trinajstić information content (AvgIpc) is 2.92. The monoisotopic (exact) mass is 246 g/mol. The molecule has 0 bridgehead atoms. The van der Waals surface area contributed by atoms with Gasteiger partial charge in [-0.3, -0.25) is 0 Å². The maximum Gasteiger partial charge on any atom is 0.131 e. The third-order valence-electron chi connectivity index (χ3n) is 2.63. The first kappa shape index (κ1) is 12.3. The molecule has 6 nitrogen and oxygen atoms in total. The van der Waals surface area contributed by atoms with Gasteiger partial charge >= 0.3 is 0 Å². The molecule has 0 atom stereocenters. The molecule has 0 aliphatic carbocycles. The highest BCUT2D eigenvalue weighted by molar-refractivity contribution is 5.45. The second-order valence-corrected chi connectivity index (χ2v) is 3.97. The van der Waals surface area contributed by atoms with Crippen molar-refractivity contribution < 1.29 is 0 Å². The van der Waals surface area contributed by atoms with Crippen molar-refractivity contribution in [1.82, 2.24) is 19.5 Å². The van der Waals surface area contributed by atoms with Gasteiger partial charge in [-0.05, 0) is 12.8 Å². The number of rotatable bonds is 7. The van der Waals surface area contributed by atoms with Crippen LogP contribution in [0.3, 0.4) is 0 Å². The summed E-state index contributed by atoms with van der Waals surface area (Å²) < 4.78 is 2.09. The summed E-state index contributed by atoms with van der Waals surface area (Å²) in [6.07, 6.45) is 9.40. The van der Waals surface area contributed by atoms with Gasteiger partial charge in [-0.15, -0.1) is 0 Å². The number of hydrogen-bond acceptors (Lipinski definition) is 5. The van der Waals surface area contributed by atoms with E-state index >= 15 is 0 Å². The summed E-state index contributed by atoms with van der Waals surface area (Å²) in [6.45, 7) is 1.92. The minimum atomic E-state index is 0.825. The van der Waals surface area contributed by atoms with Gasteiger partial charge in [-0.2, -0.15) is 0 Å². The zero-order chi connectivity index (χ0) is 12.6. The zero-order valence-corrected chi connectivity index (χ0v) is 10.5. The number of nitrogens with zero attached hydrogens (tertiary/aromatic N) is 4. The number of unbranched alkanes of at least 4 members (excludes halogenated alkanes) is 1. The van der Waals surface area contributed by atoms with Crippen LogP contribution in [0.2, 0.25) is 0 Å². The molecule has 96 valence electrons. The van der Waals surface area contributed by atoms with Crippen molar-refractivity contribution in [3.8, 4) is 0 Å². The zero-order valence-electron chi connectivity index (χ0n) is 10.5. The molecule has 2 aromatic heterocycles. The smallest absolute Gasteiger partial charge is 0.131 e. The predicted octanol–water partition coefficient (Wildman–Crippen LogP) is 1.61. The van der Waals surface area contributed by atoms with Crippen molar-refractivity contribution in [3.05, 3.63) is 31.1 Å². The Bertz CT molecular complexity index is 453. The third-order valence-corrected chi connectivity index (χ3v) is 2.63. The van der Waals surface area contributed by atoms with Gasteiger partial charge in [0.1, 0.15) is 18.0 Å². The van der Waals surface area contributed by atoms with Crippen LogP contribution in [-0.2, 0) is 6.54 Å². The number of hydrogen-bond donors (Lipinski definition) is 2. The van der Waals surface area contributed by atoms with Crippen LogP contribution in [0, 0.1) is 0 Å². The Labute approximate surface area is 106 Å². The molecular formula is C12H18N6. The topological polar surface area (TPSA) is 67.7 Å². The van der Waals surface area contributed by atoms with E-state index in [1.54, 1.807) is 12.5 Å². The van der Waals surface area contributed by atoms with E-state index in [2.05, 4.69) is 30.2 Å². The molecule has 6 heteroatoms. The van der Waals surface area contributed by atoms with Crippen molar-refractivity contribution in [2.24, 2.45) is 0 Å². The summed E-state index contributed by atoms with van der Waals surface area (Å²) in [5.41, 5.74) is 0. The second kappa shape index (κ2) is 6.58. The van der Waals surface area contributed by atoms with E-state index < -0.39 is 0 Å². The van der Waals surface area contributed by atoms with Crippen LogP contribution in [0.4, 0.5) is 11.6 Å². The molecule has 0 aromatic carbocycles. The molecule has 0 aliphatic rings. The van der Waals surface area contributed by atoms with E-state index in [1.807, 2.05) is 25.6 Å². The number of aryl methyl sites for hydroxylation is 1. The average molecular weight is 246 g/mol. The second-order valence-electron chi connectivity index (χ2n) is 3.97. The first-order valence-electron chi connectivity index (χ1n) is 6.08.